The fourth-order valence-electron chi connectivity index (χ4n) is 3.47. The Bertz CT molecular complexity index is 1160. The second-order valence-electron chi connectivity index (χ2n) is 6.02. The van der Waals surface area contributed by atoms with Crippen LogP contribution in [0.15, 0.2) is 63.9 Å². The van der Waals surface area contributed by atoms with Crippen LogP contribution in [-0.2, 0) is 0 Å². The predicted molar refractivity (Wildman–Crippen MR) is 93.4 cm³/mol. The number of nitrogens with zero attached hydrogens (tertiary/aromatic N) is 1. The first-order valence-electron chi connectivity index (χ1n) is 7.87. The highest BCUT2D eigenvalue weighted by Gasteiger charge is 2.33. The third-order valence-electron chi connectivity index (χ3n) is 4.59. The number of para-hydroxylation sites is 1. The highest BCUT2D eigenvalue weighted by Crippen LogP contribution is 2.44. The van der Waals surface area contributed by atoms with Crippen molar-refractivity contribution in [1.82, 2.24) is 10.2 Å². The zero-order valence-electron chi connectivity index (χ0n) is 13.0. The van der Waals surface area contributed by atoms with Gasteiger partial charge in [0.2, 0.25) is 0 Å². The molecule has 1 aliphatic rings. The van der Waals surface area contributed by atoms with Gasteiger partial charge in [0.05, 0.1) is 17.4 Å². The van der Waals surface area contributed by atoms with Crippen LogP contribution >= 0.6 is 0 Å². The topological polar surface area (TPSA) is 91.2 Å². The zero-order chi connectivity index (χ0) is 17.0. The van der Waals surface area contributed by atoms with Crippen molar-refractivity contribution in [3.8, 4) is 5.75 Å². The molecule has 0 aliphatic carbocycles. The van der Waals surface area contributed by atoms with Gasteiger partial charge in [0.15, 0.2) is 0 Å². The van der Waals surface area contributed by atoms with Crippen molar-refractivity contribution in [3.63, 3.8) is 0 Å². The fourth-order valence-corrected chi connectivity index (χ4v) is 3.47. The molecule has 0 bridgehead atoms. The van der Waals surface area contributed by atoms with Crippen molar-refractivity contribution in [1.29, 1.82) is 0 Å². The Morgan fingerprint density at radius 1 is 1.08 bits per heavy atom. The molecule has 6 nitrogen and oxygen atoms in total. The summed E-state index contributed by atoms with van der Waals surface area (Å²) in [6, 6.07) is 14.3. The van der Waals surface area contributed by atoms with E-state index in [4.69, 9.17) is 4.42 Å². The Kier molecular flexibility index (Phi) is 2.76. The lowest BCUT2D eigenvalue weighted by atomic mass is 9.83. The summed E-state index contributed by atoms with van der Waals surface area (Å²) in [4.78, 5) is 12.8. The molecule has 25 heavy (non-hydrogen) atoms. The van der Waals surface area contributed by atoms with Gasteiger partial charge in [-0.15, -0.1) is 0 Å². The molecule has 5 rings (SSSR count). The van der Waals surface area contributed by atoms with Crippen LogP contribution in [0.5, 0.6) is 5.75 Å². The average molecular weight is 331 g/mol. The van der Waals surface area contributed by atoms with Crippen LogP contribution in [0.4, 0.5) is 11.5 Å². The molecular formula is C19H13N3O3. The molecular weight excluding hydrogens is 318 g/mol. The van der Waals surface area contributed by atoms with Gasteiger partial charge in [-0.3, -0.25) is 5.10 Å². The molecule has 0 saturated carbocycles. The number of aromatic nitrogens is 2. The van der Waals surface area contributed by atoms with Gasteiger partial charge in [0, 0.05) is 16.9 Å². The van der Waals surface area contributed by atoms with Gasteiger partial charge in [-0.1, -0.05) is 24.3 Å². The number of rotatable bonds is 1. The highest BCUT2D eigenvalue weighted by molar-refractivity contribution is 5.95. The number of anilines is 2. The van der Waals surface area contributed by atoms with E-state index < -0.39 is 0 Å². The lowest BCUT2D eigenvalue weighted by molar-refractivity contribution is 0.475. The highest BCUT2D eigenvalue weighted by atomic mass is 16.4. The number of phenolic OH excluding ortho intramolecular Hbond substituents is 1. The molecule has 2 aromatic heterocycles. The van der Waals surface area contributed by atoms with Crippen LogP contribution in [0.3, 0.4) is 0 Å². The van der Waals surface area contributed by atoms with E-state index in [9.17, 15) is 9.90 Å². The molecule has 3 N–H and O–H groups in total. The summed E-state index contributed by atoms with van der Waals surface area (Å²) in [5.41, 5.74) is 3.16. The molecule has 0 spiro atoms. The largest absolute Gasteiger partial charge is 0.508 e. The van der Waals surface area contributed by atoms with Gasteiger partial charge in [-0.25, -0.2) is 4.79 Å². The van der Waals surface area contributed by atoms with Crippen molar-refractivity contribution in [3.05, 3.63) is 81.8 Å². The van der Waals surface area contributed by atoms with Gasteiger partial charge in [0.1, 0.15) is 17.2 Å². The van der Waals surface area contributed by atoms with E-state index >= 15 is 0 Å². The van der Waals surface area contributed by atoms with Crippen LogP contribution < -0.4 is 10.9 Å². The number of benzene rings is 2. The lowest BCUT2D eigenvalue weighted by Gasteiger charge is -2.26. The third-order valence-corrected chi connectivity index (χ3v) is 4.59. The SMILES string of the molecule is O=c1oc2ccccc2c2c1C(c1ccc(O)cc1)c1cn[nH]c1N2. The minimum absolute atomic E-state index is 0.177. The monoisotopic (exact) mass is 331 g/mol. The number of hydrogen-bond acceptors (Lipinski definition) is 5. The summed E-state index contributed by atoms with van der Waals surface area (Å²) in [6.45, 7) is 0. The number of aromatic amines is 1. The van der Waals surface area contributed by atoms with Crippen molar-refractivity contribution < 1.29 is 9.52 Å². The summed E-state index contributed by atoms with van der Waals surface area (Å²) >= 11 is 0. The standard InChI is InChI=1S/C19H13N3O3/c23-11-7-5-10(6-8-11)15-13-9-20-22-18(13)21-17-12-3-1-2-4-14(12)25-19(24)16(15)17/h1-9,15,23H,(H2,20,21,22). The molecule has 122 valence electrons. The van der Waals surface area contributed by atoms with Crippen LogP contribution in [0.2, 0.25) is 0 Å². The molecule has 1 unspecified atom stereocenters. The van der Waals surface area contributed by atoms with Gasteiger partial charge in [-0.05, 0) is 29.8 Å². The maximum Gasteiger partial charge on any atom is 0.342 e. The molecule has 0 saturated heterocycles. The minimum Gasteiger partial charge on any atom is -0.508 e. The third kappa shape index (κ3) is 1.97. The molecule has 4 aromatic rings. The predicted octanol–water partition coefficient (Wildman–Crippen LogP) is 3.46. The van der Waals surface area contributed by atoms with Crippen molar-refractivity contribution in [2.75, 3.05) is 5.32 Å². The van der Waals surface area contributed by atoms with Crippen LogP contribution in [0.1, 0.15) is 22.6 Å². The molecule has 6 heteroatoms. The summed E-state index contributed by atoms with van der Waals surface area (Å²) in [5.74, 6) is 0.601. The number of aromatic hydroxyl groups is 1. The van der Waals surface area contributed by atoms with Crippen LogP contribution in [0.25, 0.3) is 11.0 Å². The van der Waals surface area contributed by atoms with Gasteiger partial charge in [0.25, 0.3) is 0 Å². The summed E-state index contributed by atoms with van der Waals surface area (Å²) in [5, 5.41) is 20.8. The Hall–Kier alpha value is -3.54. The van der Waals surface area contributed by atoms with E-state index in [0.29, 0.717) is 11.1 Å². The Morgan fingerprint density at radius 2 is 1.88 bits per heavy atom. The van der Waals surface area contributed by atoms with Crippen molar-refractivity contribution >= 4 is 22.5 Å². The number of fused-ring (bicyclic) bond motifs is 4. The summed E-state index contributed by atoms with van der Waals surface area (Å²) < 4.78 is 5.55. The Balaban J connectivity index is 1.86. The summed E-state index contributed by atoms with van der Waals surface area (Å²) in [7, 11) is 0. The van der Waals surface area contributed by atoms with E-state index in [1.54, 1.807) is 36.5 Å². The van der Waals surface area contributed by atoms with Gasteiger partial charge in [-0.2, -0.15) is 5.10 Å². The molecule has 0 radical (unpaired) electrons. The molecule has 0 fully saturated rings. The number of hydrogen-bond donors (Lipinski definition) is 3. The maximum atomic E-state index is 12.8. The number of phenols is 1. The van der Waals surface area contributed by atoms with Crippen molar-refractivity contribution in [2.24, 2.45) is 0 Å². The van der Waals surface area contributed by atoms with Crippen LogP contribution in [-0.4, -0.2) is 15.3 Å². The first kappa shape index (κ1) is 13.9. The molecule has 1 atom stereocenters. The average Bonchev–Trinajstić information content (AvgIpc) is 3.09. The lowest BCUT2D eigenvalue weighted by Crippen LogP contribution is -2.21. The molecule has 2 aromatic carbocycles. The fraction of sp³-hybridized carbons (Fsp3) is 0.0526. The van der Waals surface area contributed by atoms with E-state index in [2.05, 4.69) is 15.5 Å². The molecule has 0 amide bonds. The normalized spacial score (nSPS) is 15.4. The smallest absolute Gasteiger partial charge is 0.342 e. The number of H-pyrrole nitrogens is 1. The first-order chi connectivity index (χ1) is 12.2. The van der Waals surface area contributed by atoms with E-state index in [0.717, 1.165) is 28.0 Å². The van der Waals surface area contributed by atoms with E-state index in [-0.39, 0.29) is 17.3 Å². The molecule has 3 heterocycles. The second-order valence-corrected chi connectivity index (χ2v) is 6.02. The minimum atomic E-state index is -0.383. The van der Waals surface area contributed by atoms with E-state index in [1.807, 2.05) is 18.2 Å². The van der Waals surface area contributed by atoms with Crippen molar-refractivity contribution in [2.45, 2.75) is 5.92 Å². The van der Waals surface area contributed by atoms with Gasteiger partial charge < -0.3 is 14.8 Å². The van der Waals surface area contributed by atoms with Gasteiger partial charge >= 0.3 is 5.63 Å². The maximum absolute atomic E-state index is 12.8. The second kappa shape index (κ2) is 4.98. The Labute approximate surface area is 141 Å². The number of nitrogens with one attached hydrogen (secondary N) is 2. The van der Waals surface area contributed by atoms with Crippen LogP contribution in [0, 0.1) is 0 Å². The molecule has 1 aliphatic heterocycles. The summed E-state index contributed by atoms with van der Waals surface area (Å²) in [6.07, 6.45) is 1.71. The van der Waals surface area contributed by atoms with E-state index in [1.165, 1.54) is 0 Å². The zero-order valence-corrected chi connectivity index (χ0v) is 13.0. The Morgan fingerprint density at radius 3 is 2.72 bits per heavy atom. The quantitative estimate of drug-likeness (QED) is 0.409. The first-order valence-corrected chi connectivity index (χ1v) is 7.87.